The minimum Gasteiger partial charge on any atom is -0.490 e. The molecule has 2 amide bonds. The fraction of sp³-hybridized carbons (Fsp3) is 0.304. The highest BCUT2D eigenvalue weighted by atomic mass is 79.9. The lowest BCUT2D eigenvalue weighted by Crippen LogP contribution is -2.36. The van der Waals surface area contributed by atoms with Crippen LogP contribution in [0.4, 0.5) is 4.79 Å². The monoisotopic (exact) mass is 567 g/mol. The van der Waals surface area contributed by atoms with Gasteiger partial charge < -0.3 is 9.47 Å². The van der Waals surface area contributed by atoms with Crippen molar-refractivity contribution < 1.29 is 19.1 Å². The molecule has 5 nitrogen and oxygen atoms in total. The fourth-order valence-electron chi connectivity index (χ4n) is 2.97. The van der Waals surface area contributed by atoms with Crippen molar-refractivity contribution in [2.24, 2.45) is 0 Å². The van der Waals surface area contributed by atoms with Gasteiger partial charge in [0.05, 0.1) is 11.5 Å². The summed E-state index contributed by atoms with van der Waals surface area (Å²) in [5.74, 6) is 0.918. The highest BCUT2D eigenvalue weighted by Gasteiger charge is 2.37. The Kier molecular flexibility index (Phi) is 8.24. The highest BCUT2D eigenvalue weighted by Crippen LogP contribution is 2.39. The van der Waals surface area contributed by atoms with Gasteiger partial charge in [0.2, 0.25) is 0 Å². The molecule has 1 aliphatic heterocycles. The van der Waals surface area contributed by atoms with Crippen molar-refractivity contribution in [1.29, 1.82) is 0 Å². The molecular weight excluding hydrogens is 546 g/mol. The second-order valence-electron chi connectivity index (χ2n) is 6.98. The molecule has 0 spiro atoms. The number of benzene rings is 2. The summed E-state index contributed by atoms with van der Waals surface area (Å²) >= 11 is 7.95. The number of amides is 2. The summed E-state index contributed by atoms with van der Waals surface area (Å²) in [7, 11) is 0. The average Bonchev–Trinajstić information content (AvgIpc) is 3.03. The van der Waals surface area contributed by atoms with E-state index in [9.17, 15) is 9.59 Å². The van der Waals surface area contributed by atoms with E-state index in [0.29, 0.717) is 36.0 Å². The molecule has 2 aromatic rings. The van der Waals surface area contributed by atoms with Gasteiger partial charge in [-0.2, -0.15) is 0 Å². The average molecular weight is 569 g/mol. The summed E-state index contributed by atoms with van der Waals surface area (Å²) in [6, 6.07) is 11.4. The number of hydrogen-bond donors (Lipinski definition) is 0. The Morgan fingerprint density at radius 1 is 1.06 bits per heavy atom. The van der Waals surface area contributed by atoms with Gasteiger partial charge in [-0.3, -0.25) is 14.5 Å². The van der Waals surface area contributed by atoms with Crippen molar-refractivity contribution in [3.05, 3.63) is 61.4 Å². The van der Waals surface area contributed by atoms with Crippen LogP contribution < -0.4 is 9.47 Å². The van der Waals surface area contributed by atoms with Gasteiger partial charge in [0.25, 0.3) is 11.1 Å². The molecule has 0 aliphatic carbocycles. The van der Waals surface area contributed by atoms with Gasteiger partial charge in [-0.1, -0.05) is 50.9 Å². The van der Waals surface area contributed by atoms with Crippen molar-refractivity contribution in [1.82, 2.24) is 4.90 Å². The zero-order valence-corrected chi connectivity index (χ0v) is 21.5. The number of ether oxygens (including phenoxy) is 2. The molecule has 1 heterocycles. The molecule has 3 rings (SSSR count). The third kappa shape index (κ3) is 5.73. The van der Waals surface area contributed by atoms with Crippen molar-refractivity contribution in [3.63, 3.8) is 0 Å². The van der Waals surface area contributed by atoms with Crippen LogP contribution >= 0.6 is 43.6 Å². The number of carbonyl (C=O) groups is 2. The van der Waals surface area contributed by atoms with Crippen LogP contribution in [0.3, 0.4) is 0 Å². The molecule has 164 valence electrons. The van der Waals surface area contributed by atoms with Crippen molar-refractivity contribution >= 4 is 60.8 Å². The van der Waals surface area contributed by atoms with Crippen LogP contribution in [0, 0.1) is 0 Å². The Morgan fingerprint density at radius 3 is 2.39 bits per heavy atom. The second-order valence-corrected chi connectivity index (χ2v) is 9.74. The summed E-state index contributed by atoms with van der Waals surface area (Å²) < 4.78 is 13.5. The maximum Gasteiger partial charge on any atom is 0.293 e. The lowest BCUT2D eigenvalue weighted by molar-refractivity contribution is -0.124. The van der Waals surface area contributed by atoms with E-state index in [1.165, 1.54) is 4.90 Å². The minimum atomic E-state index is -0.259. The molecular formula is C23H23Br2NO4S. The molecule has 1 aliphatic rings. The van der Waals surface area contributed by atoms with E-state index < -0.39 is 0 Å². The first kappa shape index (κ1) is 23.9. The van der Waals surface area contributed by atoms with Gasteiger partial charge in [0.15, 0.2) is 11.5 Å². The van der Waals surface area contributed by atoms with Gasteiger partial charge >= 0.3 is 0 Å². The Hall–Kier alpha value is -1.77. The van der Waals surface area contributed by atoms with Gasteiger partial charge in [-0.05, 0) is 73.5 Å². The van der Waals surface area contributed by atoms with E-state index in [2.05, 4.69) is 31.9 Å². The van der Waals surface area contributed by atoms with E-state index in [1.54, 1.807) is 6.08 Å². The standard InChI is InChI=1S/C23H23Br2NO4S/c1-4-14(3)26-22(27)21(31-23(26)28)11-16-10-19(29-5-2)20(12-18(16)25)30-13-15-6-8-17(24)9-7-15/h6-12,14H,4-5,13H2,1-3H3/b21-11+/t14-/m1/s1. The van der Waals surface area contributed by atoms with Crippen LogP contribution in [-0.4, -0.2) is 28.7 Å². The van der Waals surface area contributed by atoms with Crippen LogP contribution in [0.25, 0.3) is 6.08 Å². The van der Waals surface area contributed by atoms with Gasteiger partial charge in [-0.25, -0.2) is 0 Å². The highest BCUT2D eigenvalue weighted by molar-refractivity contribution is 9.10. The molecule has 0 N–H and O–H groups in total. The number of carbonyl (C=O) groups excluding carboxylic acids is 2. The van der Waals surface area contributed by atoms with E-state index in [4.69, 9.17) is 9.47 Å². The van der Waals surface area contributed by atoms with Crippen LogP contribution in [0.1, 0.15) is 38.3 Å². The van der Waals surface area contributed by atoms with Crippen LogP contribution in [-0.2, 0) is 11.4 Å². The van der Waals surface area contributed by atoms with Gasteiger partial charge in [-0.15, -0.1) is 0 Å². The van der Waals surface area contributed by atoms with Gasteiger partial charge in [0.1, 0.15) is 6.61 Å². The fourth-order valence-corrected chi connectivity index (χ4v) is 4.59. The van der Waals surface area contributed by atoms with Crippen molar-refractivity contribution in [2.45, 2.75) is 39.8 Å². The molecule has 31 heavy (non-hydrogen) atoms. The predicted molar refractivity (Wildman–Crippen MR) is 131 cm³/mol. The second kappa shape index (κ2) is 10.7. The largest absolute Gasteiger partial charge is 0.490 e. The van der Waals surface area contributed by atoms with Gasteiger partial charge in [0, 0.05) is 15.0 Å². The van der Waals surface area contributed by atoms with E-state index in [1.807, 2.05) is 57.2 Å². The lowest BCUT2D eigenvalue weighted by Gasteiger charge is -2.19. The van der Waals surface area contributed by atoms with E-state index in [0.717, 1.165) is 31.8 Å². The smallest absolute Gasteiger partial charge is 0.293 e. The molecule has 1 atom stereocenters. The molecule has 1 saturated heterocycles. The Bertz CT molecular complexity index is 1010. The first-order valence-corrected chi connectivity index (χ1v) is 12.3. The third-order valence-electron chi connectivity index (χ3n) is 4.81. The Balaban J connectivity index is 1.86. The lowest BCUT2D eigenvalue weighted by atomic mass is 10.1. The number of nitrogens with zero attached hydrogens (tertiary/aromatic N) is 1. The maximum atomic E-state index is 12.7. The minimum absolute atomic E-state index is 0.129. The Morgan fingerprint density at radius 2 is 1.74 bits per heavy atom. The first-order valence-electron chi connectivity index (χ1n) is 9.94. The predicted octanol–water partition coefficient (Wildman–Crippen LogP) is 7.02. The number of halogens is 2. The topological polar surface area (TPSA) is 55.8 Å². The molecule has 8 heteroatoms. The number of thioether (sulfide) groups is 1. The van der Waals surface area contributed by atoms with Crippen molar-refractivity contribution in [2.75, 3.05) is 6.61 Å². The van der Waals surface area contributed by atoms with E-state index >= 15 is 0 Å². The normalized spacial score (nSPS) is 16.2. The zero-order valence-electron chi connectivity index (χ0n) is 17.5. The molecule has 1 fully saturated rings. The Labute approximate surface area is 203 Å². The quantitative estimate of drug-likeness (QED) is 0.320. The molecule has 0 radical (unpaired) electrons. The number of hydrogen-bond acceptors (Lipinski definition) is 5. The summed E-state index contributed by atoms with van der Waals surface area (Å²) in [5.41, 5.74) is 1.78. The molecule has 2 aromatic carbocycles. The molecule has 0 aromatic heterocycles. The summed E-state index contributed by atoms with van der Waals surface area (Å²) in [5, 5.41) is -0.235. The zero-order chi connectivity index (χ0) is 22.5. The van der Waals surface area contributed by atoms with Crippen LogP contribution in [0.5, 0.6) is 11.5 Å². The molecule has 0 saturated carbocycles. The molecule has 0 unspecified atom stereocenters. The number of imide groups is 1. The van der Waals surface area contributed by atoms with Crippen LogP contribution in [0.15, 0.2) is 50.2 Å². The SMILES string of the molecule is CCOc1cc(/C=C2/SC(=O)N([C@H](C)CC)C2=O)c(Br)cc1OCc1ccc(Br)cc1. The third-order valence-corrected chi connectivity index (χ3v) is 6.91. The first-order chi connectivity index (χ1) is 14.8. The van der Waals surface area contributed by atoms with Crippen LogP contribution in [0.2, 0.25) is 0 Å². The summed E-state index contributed by atoms with van der Waals surface area (Å²) in [4.78, 5) is 26.8. The summed E-state index contributed by atoms with van der Waals surface area (Å²) in [6.07, 6.45) is 2.44. The van der Waals surface area contributed by atoms with Crippen molar-refractivity contribution in [3.8, 4) is 11.5 Å². The molecule has 0 bridgehead atoms. The summed E-state index contributed by atoms with van der Waals surface area (Å²) in [6.45, 7) is 6.60. The number of rotatable bonds is 8. The maximum absolute atomic E-state index is 12.7. The van der Waals surface area contributed by atoms with E-state index in [-0.39, 0.29) is 17.2 Å².